The normalized spacial score (nSPS) is 11.7. The Morgan fingerprint density at radius 1 is 0.966 bits per heavy atom. The van der Waals surface area contributed by atoms with Crippen molar-refractivity contribution >= 4 is 0 Å². The van der Waals surface area contributed by atoms with E-state index in [2.05, 4.69) is 31.2 Å². The molecule has 29 heavy (non-hydrogen) atoms. The molecule has 4 rings (SSSR count). The van der Waals surface area contributed by atoms with Crippen molar-refractivity contribution in [2.45, 2.75) is 19.3 Å². The third-order valence-electron chi connectivity index (χ3n) is 4.46. The fraction of sp³-hybridized carbons (Fsp3) is 0.143. The summed E-state index contributed by atoms with van der Waals surface area (Å²) in [5, 5.41) is 7.65. The minimum absolute atomic E-state index is 0. The Morgan fingerprint density at radius 2 is 1.62 bits per heavy atom. The van der Waals surface area contributed by atoms with Gasteiger partial charge in [0, 0.05) is 23.0 Å². The molecule has 0 fully saturated rings. The molecule has 0 radical (unpaired) electrons. The van der Waals surface area contributed by atoms with Gasteiger partial charge in [-0.25, -0.2) is 8.78 Å². The van der Waals surface area contributed by atoms with Gasteiger partial charge in [0.25, 0.3) is 0 Å². The van der Waals surface area contributed by atoms with Gasteiger partial charge in [0.15, 0.2) is 0 Å². The van der Waals surface area contributed by atoms with Crippen molar-refractivity contribution in [3.63, 3.8) is 0 Å². The van der Waals surface area contributed by atoms with Gasteiger partial charge >= 0.3 is 21.1 Å². The maximum Gasteiger partial charge on any atom is 2.00 e. The van der Waals surface area contributed by atoms with Gasteiger partial charge in [-0.05, 0) is 37.7 Å². The van der Waals surface area contributed by atoms with Crippen LogP contribution in [0.4, 0.5) is 8.78 Å². The summed E-state index contributed by atoms with van der Waals surface area (Å²) in [5.41, 5.74) is 2.16. The Labute approximate surface area is 182 Å². The standard InChI is InChI=1S/C21H15F2N5.Pt/c1-21(2,18-8-4-6-15(26-18)16-11-12-24-28-16)17-7-3-5-14(25-17)13-9-10-19(22)27-20(13)23;/h3-8,10-12H,1-2H3;/q-2;+2/i12D;. The van der Waals surface area contributed by atoms with E-state index in [1.165, 1.54) is 6.07 Å². The monoisotopic (exact) mass is 571 g/mol. The number of hydrogen-bond acceptors (Lipinski definition) is 4. The van der Waals surface area contributed by atoms with Crippen LogP contribution in [0.2, 0.25) is 0 Å². The zero-order valence-corrected chi connectivity index (χ0v) is 17.7. The van der Waals surface area contributed by atoms with Crippen molar-refractivity contribution in [2.75, 3.05) is 0 Å². The Bertz CT molecular complexity index is 1200. The number of nitrogens with zero attached hydrogens (tertiary/aromatic N) is 5. The molecular weight excluding hydrogens is 555 g/mol. The van der Waals surface area contributed by atoms with E-state index < -0.39 is 17.3 Å². The van der Waals surface area contributed by atoms with Crippen molar-refractivity contribution in [2.24, 2.45) is 0 Å². The van der Waals surface area contributed by atoms with Gasteiger partial charge in [-0.15, -0.1) is 6.07 Å². The van der Waals surface area contributed by atoms with Gasteiger partial charge in [-0.2, -0.15) is 0 Å². The molecule has 4 aromatic heterocycles. The van der Waals surface area contributed by atoms with Crippen molar-refractivity contribution in [1.82, 2.24) is 25.1 Å². The molecule has 0 saturated heterocycles. The van der Waals surface area contributed by atoms with Crippen LogP contribution in [0.3, 0.4) is 0 Å². The SMILES string of the molecule is [2H]c1cc(-c2cccc(C(C)(C)c3cccc(-c4[c-]cc(F)nc4F)n3)n2)[n-]n1.[Pt+2]. The van der Waals surface area contributed by atoms with E-state index in [9.17, 15) is 8.78 Å². The molecule has 4 heterocycles. The first kappa shape index (κ1) is 19.5. The average molecular weight is 571 g/mol. The molecule has 0 unspecified atom stereocenters. The van der Waals surface area contributed by atoms with Crippen LogP contribution >= 0.6 is 0 Å². The zero-order chi connectivity index (χ0) is 20.6. The second kappa shape index (κ2) is 8.29. The molecule has 4 aromatic rings. The molecule has 0 spiro atoms. The third kappa shape index (κ3) is 4.15. The first-order valence-corrected chi connectivity index (χ1v) is 8.51. The summed E-state index contributed by atoms with van der Waals surface area (Å²) < 4.78 is 34.7. The Morgan fingerprint density at radius 3 is 2.24 bits per heavy atom. The molecular formula is C21H15F2N5Pt. The Balaban J connectivity index is 0.00000256. The Hall–Kier alpha value is -2.79. The number of aromatic nitrogens is 5. The second-order valence-corrected chi connectivity index (χ2v) is 6.69. The molecule has 0 saturated carbocycles. The van der Waals surface area contributed by atoms with Crippen molar-refractivity contribution < 1.29 is 31.2 Å². The molecule has 0 bridgehead atoms. The van der Waals surface area contributed by atoms with Crippen molar-refractivity contribution in [1.29, 1.82) is 0 Å². The summed E-state index contributed by atoms with van der Waals surface area (Å²) in [6, 6.07) is 15.7. The fourth-order valence-electron chi connectivity index (χ4n) is 2.86. The van der Waals surface area contributed by atoms with Crippen LogP contribution in [0.15, 0.2) is 54.7 Å². The van der Waals surface area contributed by atoms with Crippen LogP contribution in [0, 0.1) is 18.0 Å². The molecule has 0 aliphatic carbocycles. The maximum atomic E-state index is 14.1. The number of rotatable bonds is 4. The van der Waals surface area contributed by atoms with Crippen LogP contribution < -0.4 is 5.10 Å². The quantitative estimate of drug-likeness (QED) is 0.274. The van der Waals surface area contributed by atoms with Crippen molar-refractivity contribution in [3.05, 3.63) is 84.1 Å². The predicted octanol–water partition coefficient (Wildman–Crippen LogP) is 3.96. The molecule has 148 valence electrons. The van der Waals surface area contributed by atoms with Gasteiger partial charge in [0.2, 0.25) is 0 Å². The first-order chi connectivity index (χ1) is 13.8. The minimum Gasteiger partial charge on any atom is -0.574 e. The zero-order valence-electron chi connectivity index (χ0n) is 16.4. The molecule has 0 amide bonds. The van der Waals surface area contributed by atoms with Crippen LogP contribution in [-0.4, -0.2) is 20.1 Å². The van der Waals surface area contributed by atoms with Gasteiger partial charge in [0.1, 0.15) is 11.9 Å². The van der Waals surface area contributed by atoms with Gasteiger partial charge in [0.05, 0.1) is 7.06 Å². The van der Waals surface area contributed by atoms with E-state index in [1.54, 1.807) is 18.2 Å². The summed E-state index contributed by atoms with van der Waals surface area (Å²) in [5.74, 6) is -1.90. The predicted molar refractivity (Wildman–Crippen MR) is 99.1 cm³/mol. The minimum atomic E-state index is -0.964. The smallest absolute Gasteiger partial charge is 0.574 e. The number of hydrogen-bond donors (Lipinski definition) is 0. The molecule has 5 nitrogen and oxygen atoms in total. The molecule has 0 atom stereocenters. The Kier molecular flexibility index (Phi) is 5.58. The fourth-order valence-corrected chi connectivity index (χ4v) is 2.86. The topological polar surface area (TPSA) is 65.7 Å². The largest absolute Gasteiger partial charge is 2.00 e. The van der Waals surface area contributed by atoms with Crippen molar-refractivity contribution in [3.8, 4) is 22.6 Å². The van der Waals surface area contributed by atoms with E-state index >= 15 is 0 Å². The summed E-state index contributed by atoms with van der Waals surface area (Å²) in [7, 11) is 0. The third-order valence-corrected chi connectivity index (χ3v) is 4.46. The van der Waals surface area contributed by atoms with E-state index in [0.717, 1.165) is 11.8 Å². The molecule has 0 N–H and O–H groups in total. The molecule has 0 aliphatic heterocycles. The van der Waals surface area contributed by atoms with Gasteiger partial charge < -0.3 is 15.2 Å². The van der Waals surface area contributed by atoms with Crippen LogP contribution in [0.5, 0.6) is 0 Å². The van der Waals surface area contributed by atoms with Gasteiger partial charge in [-0.3, -0.25) is 9.97 Å². The van der Waals surface area contributed by atoms with E-state index in [4.69, 9.17) is 1.37 Å². The summed E-state index contributed by atoms with van der Waals surface area (Å²) >= 11 is 0. The van der Waals surface area contributed by atoms with Crippen LogP contribution in [-0.2, 0) is 26.5 Å². The molecule has 0 aromatic carbocycles. The number of pyridine rings is 3. The summed E-state index contributed by atoms with van der Waals surface area (Å²) in [4.78, 5) is 12.4. The van der Waals surface area contributed by atoms with Crippen LogP contribution in [0.1, 0.15) is 26.6 Å². The van der Waals surface area contributed by atoms with Gasteiger partial charge in [-0.1, -0.05) is 41.6 Å². The average Bonchev–Trinajstić information content (AvgIpc) is 3.14. The summed E-state index contributed by atoms with van der Waals surface area (Å²) in [6.07, 6.45) is 0.0759. The number of halogens is 2. The summed E-state index contributed by atoms with van der Waals surface area (Å²) in [6.45, 7) is 3.89. The molecule has 0 aliphatic rings. The maximum absolute atomic E-state index is 14.1. The molecule has 8 heteroatoms. The van der Waals surface area contributed by atoms with E-state index in [1.807, 2.05) is 32.0 Å². The van der Waals surface area contributed by atoms with E-state index in [-0.39, 0.29) is 32.8 Å². The first-order valence-electron chi connectivity index (χ1n) is 9.01. The second-order valence-electron chi connectivity index (χ2n) is 6.69. The van der Waals surface area contributed by atoms with Crippen LogP contribution in [0.25, 0.3) is 22.6 Å². The van der Waals surface area contributed by atoms with E-state index in [0.29, 0.717) is 22.8 Å².